The molecule has 1 aliphatic carbocycles. The summed E-state index contributed by atoms with van der Waals surface area (Å²) >= 11 is 0. The van der Waals surface area contributed by atoms with Crippen molar-refractivity contribution in [1.82, 2.24) is 29.5 Å². The van der Waals surface area contributed by atoms with E-state index in [2.05, 4.69) is 31.5 Å². The van der Waals surface area contributed by atoms with Crippen molar-refractivity contribution >= 4 is 16.9 Å². The number of hydrogen-bond donors (Lipinski definition) is 1. The molecule has 0 amide bonds. The molecule has 7 rings (SSSR count). The van der Waals surface area contributed by atoms with Crippen molar-refractivity contribution in [2.75, 3.05) is 25.9 Å². The van der Waals surface area contributed by atoms with Crippen LogP contribution in [0.25, 0.3) is 22.3 Å². The van der Waals surface area contributed by atoms with Crippen molar-refractivity contribution in [2.45, 2.75) is 62.7 Å². The number of aromatic nitrogens is 4. The maximum atomic E-state index is 6.39. The van der Waals surface area contributed by atoms with E-state index in [-0.39, 0.29) is 0 Å². The molecule has 2 aromatic heterocycles. The highest BCUT2D eigenvalue weighted by atomic mass is 16.5. The van der Waals surface area contributed by atoms with Gasteiger partial charge in [-0.25, -0.2) is 14.6 Å². The first kappa shape index (κ1) is 23.6. The third-order valence-corrected chi connectivity index (χ3v) is 9.03. The minimum Gasteiger partial charge on any atom is -0.457 e. The Hall–Kier alpha value is -3.49. The van der Waals surface area contributed by atoms with E-state index < -0.39 is 0 Å². The Morgan fingerprint density at radius 3 is 2.11 bits per heavy atom. The number of para-hydroxylation sites is 1. The van der Waals surface area contributed by atoms with Crippen LogP contribution in [0.3, 0.4) is 0 Å². The summed E-state index contributed by atoms with van der Waals surface area (Å²) in [5, 5.41) is 5.95. The highest BCUT2D eigenvalue weighted by molar-refractivity contribution is 5.98. The van der Waals surface area contributed by atoms with Crippen LogP contribution < -0.4 is 10.5 Å². The summed E-state index contributed by atoms with van der Waals surface area (Å²) in [6.45, 7) is 2.45. The van der Waals surface area contributed by atoms with Crippen molar-refractivity contribution in [1.29, 1.82) is 0 Å². The third kappa shape index (κ3) is 4.22. The summed E-state index contributed by atoms with van der Waals surface area (Å²) in [6.07, 6.45) is 8.90. The van der Waals surface area contributed by atoms with E-state index in [1.165, 1.54) is 38.8 Å². The molecule has 8 nitrogen and oxygen atoms in total. The lowest BCUT2D eigenvalue weighted by Gasteiger charge is -2.44. The van der Waals surface area contributed by atoms with Gasteiger partial charge in [-0.3, -0.25) is 9.80 Å². The fourth-order valence-electron chi connectivity index (χ4n) is 6.87. The lowest BCUT2D eigenvalue weighted by atomic mass is 9.89. The van der Waals surface area contributed by atoms with E-state index >= 15 is 0 Å². The van der Waals surface area contributed by atoms with Crippen LogP contribution in [0.15, 0.2) is 60.9 Å². The molecule has 2 bridgehead atoms. The van der Waals surface area contributed by atoms with Gasteiger partial charge < -0.3 is 10.5 Å². The molecule has 3 aliphatic rings. The Labute approximate surface area is 223 Å². The number of piperazine rings is 1. The molecule has 4 heterocycles. The number of nitrogen functional groups attached to an aromatic ring is 1. The SMILES string of the molecule is CN1C2CCC1CN(C1CCC(n3nc(-c4ccc(Oc5ccccc5)cc4)c4c(N)ncnc43)CC1)C2. The van der Waals surface area contributed by atoms with Gasteiger partial charge in [-0.2, -0.15) is 5.10 Å². The summed E-state index contributed by atoms with van der Waals surface area (Å²) in [7, 11) is 2.31. The second-order valence-electron chi connectivity index (χ2n) is 11.2. The van der Waals surface area contributed by atoms with Gasteiger partial charge in [0.1, 0.15) is 29.3 Å². The maximum Gasteiger partial charge on any atom is 0.164 e. The van der Waals surface area contributed by atoms with Crippen LogP contribution in [0.4, 0.5) is 5.82 Å². The Morgan fingerprint density at radius 2 is 1.39 bits per heavy atom. The molecule has 2 aromatic carbocycles. The molecule has 2 aliphatic heterocycles. The third-order valence-electron chi connectivity index (χ3n) is 9.03. The second-order valence-corrected chi connectivity index (χ2v) is 11.2. The van der Waals surface area contributed by atoms with Gasteiger partial charge in [-0.05, 0) is 82.0 Å². The quantitative estimate of drug-likeness (QED) is 0.399. The second kappa shape index (κ2) is 9.67. The number of hydrogen-bond acceptors (Lipinski definition) is 7. The molecular formula is C30H35N7O. The lowest BCUT2D eigenvalue weighted by molar-refractivity contribution is 0.0393. The minimum atomic E-state index is 0.321. The van der Waals surface area contributed by atoms with Crippen molar-refractivity contribution in [2.24, 2.45) is 0 Å². The van der Waals surface area contributed by atoms with Crippen LogP contribution in [0, 0.1) is 0 Å². The van der Waals surface area contributed by atoms with Gasteiger partial charge >= 0.3 is 0 Å². The Kier molecular flexibility index (Phi) is 6.01. The largest absolute Gasteiger partial charge is 0.457 e. The Balaban J connectivity index is 1.11. The summed E-state index contributed by atoms with van der Waals surface area (Å²) in [4.78, 5) is 14.4. The monoisotopic (exact) mass is 509 g/mol. The van der Waals surface area contributed by atoms with Gasteiger partial charge in [0.25, 0.3) is 0 Å². The molecule has 2 unspecified atom stereocenters. The van der Waals surface area contributed by atoms with Gasteiger partial charge in [-0.15, -0.1) is 0 Å². The summed E-state index contributed by atoms with van der Waals surface area (Å²) < 4.78 is 8.11. The van der Waals surface area contributed by atoms with Crippen LogP contribution in [0.1, 0.15) is 44.6 Å². The van der Waals surface area contributed by atoms with E-state index in [0.29, 0.717) is 17.9 Å². The van der Waals surface area contributed by atoms with Gasteiger partial charge in [0, 0.05) is 36.8 Å². The van der Waals surface area contributed by atoms with E-state index in [0.717, 1.165) is 58.7 Å². The van der Waals surface area contributed by atoms with Crippen LogP contribution in [0.5, 0.6) is 11.5 Å². The predicted molar refractivity (Wildman–Crippen MR) is 149 cm³/mol. The lowest BCUT2D eigenvalue weighted by Crippen LogP contribution is -2.55. The van der Waals surface area contributed by atoms with Crippen molar-refractivity contribution in [3.63, 3.8) is 0 Å². The minimum absolute atomic E-state index is 0.321. The number of anilines is 1. The molecule has 38 heavy (non-hydrogen) atoms. The molecular weight excluding hydrogens is 474 g/mol. The molecule has 4 aromatic rings. The fourth-order valence-corrected chi connectivity index (χ4v) is 6.87. The average Bonchev–Trinajstić information content (AvgIpc) is 3.42. The number of likely N-dealkylation sites (N-methyl/N-ethyl adjacent to an activating group) is 1. The van der Waals surface area contributed by atoms with E-state index in [4.69, 9.17) is 15.6 Å². The molecule has 2 atom stereocenters. The molecule has 0 radical (unpaired) electrons. The first-order chi connectivity index (χ1) is 18.6. The van der Waals surface area contributed by atoms with Crippen molar-refractivity contribution < 1.29 is 4.74 Å². The molecule has 8 heteroatoms. The number of nitrogens with zero attached hydrogens (tertiary/aromatic N) is 6. The number of fused-ring (bicyclic) bond motifs is 3. The van der Waals surface area contributed by atoms with Gasteiger partial charge in [0.15, 0.2) is 5.65 Å². The summed E-state index contributed by atoms with van der Waals surface area (Å²) in [6, 6.07) is 20.3. The van der Waals surface area contributed by atoms with E-state index in [9.17, 15) is 0 Å². The molecule has 3 fully saturated rings. The van der Waals surface area contributed by atoms with Gasteiger partial charge in [0.2, 0.25) is 0 Å². The first-order valence-corrected chi connectivity index (χ1v) is 13.9. The highest BCUT2D eigenvalue weighted by Crippen LogP contribution is 2.39. The van der Waals surface area contributed by atoms with Crippen LogP contribution in [0.2, 0.25) is 0 Å². The fraction of sp³-hybridized carbons (Fsp3) is 0.433. The van der Waals surface area contributed by atoms with Crippen LogP contribution in [-0.4, -0.2) is 67.8 Å². The molecule has 0 spiro atoms. The Morgan fingerprint density at radius 1 is 0.763 bits per heavy atom. The number of nitrogens with two attached hydrogens (primary N) is 1. The van der Waals surface area contributed by atoms with E-state index in [1.54, 1.807) is 6.33 Å². The normalized spacial score (nSPS) is 26.1. The zero-order valence-electron chi connectivity index (χ0n) is 21.9. The summed E-state index contributed by atoms with van der Waals surface area (Å²) in [5.41, 5.74) is 9.04. The molecule has 2 saturated heterocycles. The highest BCUT2D eigenvalue weighted by Gasteiger charge is 2.40. The zero-order valence-corrected chi connectivity index (χ0v) is 21.9. The topological polar surface area (TPSA) is 85.3 Å². The molecule has 2 N–H and O–H groups in total. The average molecular weight is 510 g/mol. The van der Waals surface area contributed by atoms with Gasteiger partial charge in [0.05, 0.1) is 11.4 Å². The van der Waals surface area contributed by atoms with Crippen LogP contribution in [-0.2, 0) is 0 Å². The molecule has 196 valence electrons. The Bertz CT molecular complexity index is 1400. The predicted octanol–water partition coefficient (Wildman–Crippen LogP) is 5.13. The maximum absolute atomic E-state index is 6.39. The smallest absolute Gasteiger partial charge is 0.164 e. The standard InChI is InChI=1S/C30H35N7O/c1-35-23-13-14-24(35)18-36(17-23)21-9-11-22(12-10-21)37-30-27(29(31)32-19-33-30)28(34-37)20-7-15-26(16-8-20)38-25-5-3-2-4-6-25/h2-8,15-16,19,21-24H,9-14,17-18H2,1H3,(H2,31,32,33). The number of ether oxygens (including phenoxy) is 1. The van der Waals surface area contributed by atoms with Crippen molar-refractivity contribution in [3.05, 3.63) is 60.9 Å². The number of rotatable bonds is 5. The number of likely N-dealkylation sites (tertiary alicyclic amines) is 1. The van der Waals surface area contributed by atoms with E-state index in [1.807, 2.05) is 54.6 Å². The zero-order chi connectivity index (χ0) is 25.6. The van der Waals surface area contributed by atoms with Crippen LogP contribution >= 0.6 is 0 Å². The van der Waals surface area contributed by atoms with Crippen molar-refractivity contribution in [3.8, 4) is 22.8 Å². The first-order valence-electron chi connectivity index (χ1n) is 13.9. The van der Waals surface area contributed by atoms with Gasteiger partial charge in [-0.1, -0.05) is 18.2 Å². The summed E-state index contributed by atoms with van der Waals surface area (Å²) in [5.74, 6) is 2.07. The number of benzene rings is 2. The molecule has 1 saturated carbocycles.